The number of para-hydroxylation sites is 1. The van der Waals surface area contributed by atoms with Gasteiger partial charge in [0.15, 0.2) is 0 Å². The van der Waals surface area contributed by atoms with Gasteiger partial charge in [-0.05, 0) is 35.9 Å². The molecule has 0 bridgehead atoms. The third kappa shape index (κ3) is 3.59. The lowest BCUT2D eigenvalue weighted by molar-refractivity contribution is 0.397. The molecule has 33 heavy (non-hydrogen) atoms. The molecule has 9 nitrogen and oxygen atoms in total. The van der Waals surface area contributed by atoms with Gasteiger partial charge in [-0.2, -0.15) is 0 Å². The van der Waals surface area contributed by atoms with E-state index in [9.17, 15) is 4.79 Å². The minimum absolute atomic E-state index is 0.174. The molecule has 0 spiro atoms. The van der Waals surface area contributed by atoms with Gasteiger partial charge >= 0.3 is 0 Å². The molecule has 0 saturated heterocycles. The third-order valence-electron chi connectivity index (χ3n) is 5.24. The van der Waals surface area contributed by atoms with Crippen molar-refractivity contribution in [3.05, 3.63) is 77.0 Å². The summed E-state index contributed by atoms with van der Waals surface area (Å²) < 4.78 is 12.5. The molecule has 0 fully saturated rings. The molecule has 0 saturated carbocycles. The minimum atomic E-state index is -0.174. The maximum Gasteiger partial charge on any atom is 0.267 e. The maximum atomic E-state index is 13.5. The first kappa shape index (κ1) is 20.4. The van der Waals surface area contributed by atoms with Gasteiger partial charge in [-0.25, -0.2) is 14.5 Å². The van der Waals surface area contributed by atoms with Crippen LogP contribution in [0.2, 0.25) is 0 Å². The molecule has 164 valence electrons. The molecule has 0 radical (unpaired) electrons. The van der Waals surface area contributed by atoms with Crippen molar-refractivity contribution in [3.8, 4) is 34.1 Å². The van der Waals surface area contributed by atoms with E-state index in [1.807, 2.05) is 54.6 Å². The number of methoxy groups -OCH3 is 1. The lowest BCUT2D eigenvalue weighted by Gasteiger charge is -2.13. The van der Waals surface area contributed by atoms with Crippen LogP contribution in [-0.4, -0.2) is 38.9 Å². The molecule has 5 rings (SSSR count). The predicted octanol–water partition coefficient (Wildman–Crippen LogP) is 3.86. The number of hydrogen-bond donors (Lipinski definition) is 1. The second-order valence-electron chi connectivity index (χ2n) is 7.30. The van der Waals surface area contributed by atoms with Crippen LogP contribution in [0.3, 0.4) is 0 Å². The van der Waals surface area contributed by atoms with E-state index in [-0.39, 0.29) is 5.56 Å². The minimum Gasteiger partial charge on any atom is -0.480 e. The van der Waals surface area contributed by atoms with Crippen LogP contribution in [0.25, 0.3) is 39.2 Å². The van der Waals surface area contributed by atoms with Gasteiger partial charge in [0, 0.05) is 25.7 Å². The first-order valence-electron chi connectivity index (χ1n) is 10.2. The molecule has 0 aliphatic carbocycles. The molecular weight excluding hydrogens is 420 g/mol. The summed E-state index contributed by atoms with van der Waals surface area (Å²) in [6.07, 6.45) is 1.68. The maximum absolute atomic E-state index is 13.5. The number of benzene rings is 2. The Morgan fingerprint density at radius 2 is 1.85 bits per heavy atom. The molecule has 5 aromatic rings. The van der Waals surface area contributed by atoms with Crippen LogP contribution >= 0.6 is 0 Å². The van der Waals surface area contributed by atoms with Gasteiger partial charge in [0.25, 0.3) is 11.4 Å². The van der Waals surface area contributed by atoms with Gasteiger partial charge in [0.1, 0.15) is 5.56 Å². The van der Waals surface area contributed by atoms with E-state index in [1.54, 1.807) is 24.7 Å². The summed E-state index contributed by atoms with van der Waals surface area (Å²) in [5.74, 6) is 1.59. The number of aryl methyl sites for hydroxylation is 1. The summed E-state index contributed by atoms with van der Waals surface area (Å²) in [7, 11) is 3.27. The highest BCUT2D eigenvalue weighted by Crippen LogP contribution is 2.32. The Bertz CT molecular complexity index is 1530. The smallest absolute Gasteiger partial charge is 0.267 e. The lowest BCUT2D eigenvalue weighted by atomic mass is 10.0. The Morgan fingerprint density at radius 1 is 1.03 bits per heavy atom. The topological polar surface area (TPSA) is 108 Å². The van der Waals surface area contributed by atoms with Gasteiger partial charge in [0.2, 0.25) is 17.7 Å². The van der Waals surface area contributed by atoms with Gasteiger partial charge < -0.3 is 14.5 Å². The molecule has 3 aromatic heterocycles. The number of nitrogens with one attached hydrogen (secondary N) is 1. The number of ether oxygens (including phenoxy) is 1. The SMILES string of the molecule is CNc1nc2ccc(-c3cnc(OC)c(-c4nnc(C)o4)c3)cc2c(=O)n1-c1ccccc1. The number of pyridine rings is 1. The highest BCUT2D eigenvalue weighted by atomic mass is 16.5. The summed E-state index contributed by atoms with van der Waals surface area (Å²) in [5.41, 5.74) is 3.28. The predicted molar refractivity (Wildman–Crippen MR) is 125 cm³/mol. The van der Waals surface area contributed by atoms with E-state index < -0.39 is 0 Å². The summed E-state index contributed by atoms with van der Waals surface area (Å²) in [5, 5.41) is 11.5. The Hall–Kier alpha value is -4.53. The number of hydrogen-bond acceptors (Lipinski definition) is 8. The van der Waals surface area contributed by atoms with Crippen molar-refractivity contribution in [1.82, 2.24) is 24.7 Å². The largest absolute Gasteiger partial charge is 0.480 e. The van der Waals surface area contributed by atoms with Crippen molar-refractivity contribution in [3.63, 3.8) is 0 Å². The van der Waals surface area contributed by atoms with E-state index in [0.717, 1.165) is 16.8 Å². The average Bonchev–Trinajstić information content (AvgIpc) is 3.30. The number of aromatic nitrogens is 5. The van der Waals surface area contributed by atoms with Crippen molar-refractivity contribution in [2.45, 2.75) is 6.92 Å². The summed E-state index contributed by atoms with van der Waals surface area (Å²) in [6.45, 7) is 1.72. The number of rotatable bonds is 5. The Kier molecular flexibility index (Phi) is 5.06. The van der Waals surface area contributed by atoms with E-state index in [4.69, 9.17) is 9.15 Å². The van der Waals surface area contributed by atoms with E-state index in [1.165, 1.54) is 7.11 Å². The monoisotopic (exact) mass is 440 g/mol. The Balaban J connectivity index is 1.69. The quantitative estimate of drug-likeness (QED) is 0.439. The molecule has 0 aliphatic rings. The van der Waals surface area contributed by atoms with Gasteiger partial charge in [-0.15, -0.1) is 10.2 Å². The van der Waals surface area contributed by atoms with E-state index >= 15 is 0 Å². The fraction of sp³-hybridized carbons (Fsp3) is 0.125. The van der Waals surface area contributed by atoms with Crippen LogP contribution in [0.4, 0.5) is 5.95 Å². The zero-order valence-corrected chi connectivity index (χ0v) is 18.2. The number of fused-ring (bicyclic) bond motifs is 1. The molecule has 0 unspecified atom stereocenters. The van der Waals surface area contributed by atoms with Crippen molar-refractivity contribution in [2.24, 2.45) is 0 Å². The van der Waals surface area contributed by atoms with Crippen molar-refractivity contribution in [2.75, 3.05) is 19.5 Å². The highest BCUT2D eigenvalue weighted by Gasteiger charge is 2.17. The molecular formula is C24H20N6O3. The fourth-order valence-electron chi connectivity index (χ4n) is 3.68. The molecule has 0 atom stereocenters. The first-order chi connectivity index (χ1) is 16.1. The Labute approximate surface area is 188 Å². The highest BCUT2D eigenvalue weighted by molar-refractivity contribution is 5.85. The molecule has 9 heteroatoms. The third-order valence-corrected chi connectivity index (χ3v) is 5.24. The van der Waals surface area contributed by atoms with Gasteiger partial charge in [-0.3, -0.25) is 4.79 Å². The fourth-order valence-corrected chi connectivity index (χ4v) is 3.68. The van der Waals surface area contributed by atoms with Crippen molar-refractivity contribution in [1.29, 1.82) is 0 Å². The molecule has 0 aliphatic heterocycles. The number of anilines is 1. The first-order valence-corrected chi connectivity index (χ1v) is 10.2. The summed E-state index contributed by atoms with van der Waals surface area (Å²) in [6, 6.07) is 16.8. The molecule has 1 N–H and O–H groups in total. The zero-order chi connectivity index (χ0) is 22.9. The average molecular weight is 440 g/mol. The van der Waals surface area contributed by atoms with Crippen LogP contribution in [0.1, 0.15) is 5.89 Å². The van der Waals surface area contributed by atoms with Crippen LogP contribution in [0.5, 0.6) is 5.88 Å². The van der Waals surface area contributed by atoms with Crippen LogP contribution in [-0.2, 0) is 0 Å². The van der Waals surface area contributed by atoms with Crippen molar-refractivity contribution < 1.29 is 9.15 Å². The van der Waals surface area contributed by atoms with Crippen LogP contribution in [0.15, 0.2) is 70.0 Å². The van der Waals surface area contributed by atoms with E-state index in [2.05, 4.69) is 25.5 Å². The Morgan fingerprint density at radius 3 is 2.55 bits per heavy atom. The second kappa shape index (κ2) is 8.19. The molecule has 2 aromatic carbocycles. The van der Waals surface area contributed by atoms with Crippen molar-refractivity contribution >= 4 is 16.9 Å². The second-order valence-corrected chi connectivity index (χ2v) is 7.30. The van der Waals surface area contributed by atoms with Gasteiger partial charge in [-0.1, -0.05) is 24.3 Å². The zero-order valence-electron chi connectivity index (χ0n) is 18.2. The lowest BCUT2D eigenvalue weighted by Crippen LogP contribution is -2.22. The molecule has 0 amide bonds. The van der Waals surface area contributed by atoms with Gasteiger partial charge in [0.05, 0.1) is 23.7 Å². The molecule has 3 heterocycles. The normalized spacial score (nSPS) is 11.0. The van der Waals surface area contributed by atoms with E-state index in [0.29, 0.717) is 40.1 Å². The summed E-state index contributed by atoms with van der Waals surface area (Å²) >= 11 is 0. The van der Waals surface area contributed by atoms with Crippen LogP contribution < -0.4 is 15.6 Å². The number of nitrogens with zero attached hydrogens (tertiary/aromatic N) is 5. The van der Waals surface area contributed by atoms with Crippen LogP contribution in [0, 0.1) is 6.92 Å². The summed E-state index contributed by atoms with van der Waals surface area (Å²) in [4.78, 5) is 22.5. The standard InChI is InChI=1S/C24H20N6O3/c1-14-28-29-22(33-14)19-12-16(13-26-21(19)32-3)15-9-10-20-18(11-15)23(31)30(24(25-2)27-20)17-7-5-4-6-8-17/h4-13H,1-3H3,(H,25,27).